The Labute approximate surface area is 104 Å². The van der Waals surface area contributed by atoms with E-state index >= 15 is 0 Å². The summed E-state index contributed by atoms with van der Waals surface area (Å²) in [6, 6.07) is 3.28. The van der Waals surface area contributed by atoms with E-state index in [-0.39, 0.29) is 5.69 Å². The third-order valence-electron chi connectivity index (χ3n) is 2.65. The van der Waals surface area contributed by atoms with Gasteiger partial charge in [0.15, 0.2) is 0 Å². The molecule has 0 heterocycles. The molecule has 0 bridgehead atoms. The standard InChI is InChI=1S/C12H17F3N2O/c1-8(18)5-6-17(2)11-4-3-9(7-10(11)16)12(13,14)15/h3-4,7-8,18H,5-6,16H2,1-2H3. The molecular weight excluding hydrogens is 245 g/mol. The summed E-state index contributed by atoms with van der Waals surface area (Å²) >= 11 is 0. The van der Waals surface area contributed by atoms with E-state index in [1.807, 2.05) is 0 Å². The van der Waals surface area contributed by atoms with Crippen LogP contribution in [0.25, 0.3) is 0 Å². The highest BCUT2D eigenvalue weighted by Gasteiger charge is 2.30. The van der Waals surface area contributed by atoms with E-state index in [1.54, 1.807) is 18.9 Å². The zero-order valence-corrected chi connectivity index (χ0v) is 10.3. The molecule has 1 aromatic carbocycles. The molecule has 3 nitrogen and oxygen atoms in total. The van der Waals surface area contributed by atoms with E-state index in [1.165, 1.54) is 6.07 Å². The minimum atomic E-state index is -4.38. The van der Waals surface area contributed by atoms with Gasteiger partial charge in [-0.25, -0.2) is 0 Å². The summed E-state index contributed by atoms with van der Waals surface area (Å²) in [6.07, 6.45) is -4.31. The summed E-state index contributed by atoms with van der Waals surface area (Å²) in [5, 5.41) is 9.16. The van der Waals surface area contributed by atoms with Crippen molar-refractivity contribution < 1.29 is 18.3 Å². The van der Waals surface area contributed by atoms with E-state index in [0.29, 0.717) is 18.7 Å². The van der Waals surface area contributed by atoms with Crippen molar-refractivity contribution in [2.75, 3.05) is 24.2 Å². The lowest BCUT2D eigenvalue weighted by Crippen LogP contribution is -2.23. The number of hydrogen-bond acceptors (Lipinski definition) is 3. The van der Waals surface area contributed by atoms with Crippen molar-refractivity contribution in [3.63, 3.8) is 0 Å². The van der Waals surface area contributed by atoms with Crippen LogP contribution in [0.1, 0.15) is 18.9 Å². The molecule has 0 aliphatic carbocycles. The molecule has 0 fully saturated rings. The van der Waals surface area contributed by atoms with Crippen molar-refractivity contribution >= 4 is 11.4 Å². The van der Waals surface area contributed by atoms with Crippen LogP contribution in [-0.2, 0) is 6.18 Å². The first kappa shape index (κ1) is 14.6. The first-order valence-corrected chi connectivity index (χ1v) is 5.57. The van der Waals surface area contributed by atoms with Crippen LogP contribution in [-0.4, -0.2) is 24.8 Å². The maximum Gasteiger partial charge on any atom is 0.416 e. The number of aliphatic hydroxyl groups is 1. The summed E-state index contributed by atoms with van der Waals surface area (Å²) in [6.45, 7) is 2.18. The van der Waals surface area contributed by atoms with E-state index in [2.05, 4.69) is 0 Å². The molecule has 3 N–H and O–H groups in total. The monoisotopic (exact) mass is 262 g/mol. The number of halogens is 3. The molecule has 0 radical (unpaired) electrons. The first-order chi connectivity index (χ1) is 8.21. The Morgan fingerprint density at radius 3 is 2.44 bits per heavy atom. The fourth-order valence-electron chi connectivity index (χ4n) is 1.58. The molecule has 0 saturated heterocycles. The van der Waals surface area contributed by atoms with Gasteiger partial charge in [-0.3, -0.25) is 0 Å². The molecule has 0 aromatic heterocycles. The van der Waals surface area contributed by atoms with Crippen LogP contribution in [0.2, 0.25) is 0 Å². The van der Waals surface area contributed by atoms with Gasteiger partial charge in [0.25, 0.3) is 0 Å². The van der Waals surface area contributed by atoms with Gasteiger partial charge in [0.2, 0.25) is 0 Å². The third-order valence-corrected chi connectivity index (χ3v) is 2.65. The maximum atomic E-state index is 12.5. The Morgan fingerprint density at radius 1 is 1.39 bits per heavy atom. The lowest BCUT2D eigenvalue weighted by Gasteiger charge is -2.22. The van der Waals surface area contributed by atoms with Gasteiger partial charge in [0, 0.05) is 13.6 Å². The second kappa shape index (κ2) is 5.48. The lowest BCUT2D eigenvalue weighted by molar-refractivity contribution is -0.137. The third kappa shape index (κ3) is 3.80. The van der Waals surface area contributed by atoms with Gasteiger partial charge in [0.05, 0.1) is 23.0 Å². The van der Waals surface area contributed by atoms with E-state index in [4.69, 9.17) is 10.8 Å². The number of alkyl halides is 3. The van der Waals surface area contributed by atoms with Crippen LogP contribution < -0.4 is 10.6 Å². The summed E-state index contributed by atoms with van der Waals surface area (Å²) in [5.41, 5.74) is 5.48. The second-order valence-corrected chi connectivity index (χ2v) is 4.33. The number of anilines is 2. The SMILES string of the molecule is CC(O)CCN(C)c1ccc(C(F)(F)F)cc1N. The van der Waals surface area contributed by atoms with Gasteiger partial charge in [0.1, 0.15) is 0 Å². The molecule has 1 atom stereocenters. The van der Waals surface area contributed by atoms with Crippen LogP contribution in [0, 0.1) is 0 Å². The molecule has 0 spiro atoms. The number of nitrogen functional groups attached to an aromatic ring is 1. The molecule has 0 amide bonds. The molecule has 1 aromatic rings. The van der Waals surface area contributed by atoms with Gasteiger partial charge in [-0.2, -0.15) is 13.2 Å². The highest BCUT2D eigenvalue weighted by molar-refractivity contribution is 5.68. The number of hydrogen-bond donors (Lipinski definition) is 2. The summed E-state index contributed by atoms with van der Waals surface area (Å²) < 4.78 is 37.4. The average Bonchev–Trinajstić information content (AvgIpc) is 2.24. The summed E-state index contributed by atoms with van der Waals surface area (Å²) in [4.78, 5) is 1.72. The molecule has 102 valence electrons. The molecule has 6 heteroatoms. The Balaban J connectivity index is 2.85. The minimum absolute atomic E-state index is 0.0814. The number of nitrogens with zero attached hydrogens (tertiary/aromatic N) is 1. The molecule has 1 unspecified atom stereocenters. The quantitative estimate of drug-likeness (QED) is 0.820. The van der Waals surface area contributed by atoms with Crippen LogP contribution >= 0.6 is 0 Å². The van der Waals surface area contributed by atoms with Gasteiger partial charge in [-0.15, -0.1) is 0 Å². The van der Waals surface area contributed by atoms with Crippen LogP contribution in [0.5, 0.6) is 0 Å². The van der Waals surface area contributed by atoms with Crippen LogP contribution in [0.4, 0.5) is 24.5 Å². The number of benzene rings is 1. The Bertz CT molecular complexity index is 405. The zero-order valence-electron chi connectivity index (χ0n) is 10.3. The van der Waals surface area contributed by atoms with Gasteiger partial charge in [-0.1, -0.05) is 0 Å². The smallest absolute Gasteiger partial charge is 0.397 e. The van der Waals surface area contributed by atoms with Crippen molar-refractivity contribution in [3.05, 3.63) is 23.8 Å². The predicted molar refractivity (Wildman–Crippen MR) is 65.4 cm³/mol. The van der Waals surface area contributed by atoms with Gasteiger partial charge < -0.3 is 15.7 Å². The van der Waals surface area contributed by atoms with Crippen LogP contribution in [0.3, 0.4) is 0 Å². The highest BCUT2D eigenvalue weighted by atomic mass is 19.4. The first-order valence-electron chi connectivity index (χ1n) is 5.57. The van der Waals surface area contributed by atoms with E-state index in [0.717, 1.165) is 12.1 Å². The Hall–Kier alpha value is -1.43. The van der Waals surface area contributed by atoms with Crippen LogP contribution in [0.15, 0.2) is 18.2 Å². The van der Waals surface area contributed by atoms with Crippen molar-refractivity contribution in [1.82, 2.24) is 0 Å². The van der Waals surface area contributed by atoms with Gasteiger partial charge >= 0.3 is 6.18 Å². The van der Waals surface area contributed by atoms with Crippen molar-refractivity contribution in [2.45, 2.75) is 25.6 Å². The molecule has 0 aliphatic heterocycles. The lowest BCUT2D eigenvalue weighted by atomic mass is 10.1. The molecule has 0 aliphatic rings. The fourth-order valence-corrected chi connectivity index (χ4v) is 1.58. The zero-order chi connectivity index (χ0) is 13.9. The molecule has 18 heavy (non-hydrogen) atoms. The molecular formula is C12H17F3N2O. The average molecular weight is 262 g/mol. The Morgan fingerprint density at radius 2 is 2.00 bits per heavy atom. The number of rotatable bonds is 4. The maximum absolute atomic E-state index is 12.5. The van der Waals surface area contributed by atoms with Crippen molar-refractivity contribution in [3.8, 4) is 0 Å². The molecule has 0 saturated carbocycles. The molecule has 1 rings (SSSR count). The number of nitrogens with two attached hydrogens (primary N) is 1. The van der Waals surface area contributed by atoms with Crippen molar-refractivity contribution in [2.24, 2.45) is 0 Å². The number of aliphatic hydroxyl groups excluding tert-OH is 1. The topological polar surface area (TPSA) is 49.5 Å². The highest BCUT2D eigenvalue weighted by Crippen LogP contribution is 2.33. The fraction of sp³-hybridized carbons (Fsp3) is 0.500. The van der Waals surface area contributed by atoms with Gasteiger partial charge in [-0.05, 0) is 31.5 Å². The summed E-state index contributed by atoms with van der Waals surface area (Å²) in [7, 11) is 1.72. The normalized spacial score (nSPS) is 13.4. The second-order valence-electron chi connectivity index (χ2n) is 4.33. The van der Waals surface area contributed by atoms with Crippen molar-refractivity contribution in [1.29, 1.82) is 0 Å². The minimum Gasteiger partial charge on any atom is -0.397 e. The van der Waals surface area contributed by atoms with E-state index < -0.39 is 17.8 Å². The largest absolute Gasteiger partial charge is 0.416 e. The summed E-state index contributed by atoms with van der Waals surface area (Å²) in [5.74, 6) is 0. The Kier molecular flexibility index (Phi) is 4.45. The predicted octanol–water partition coefficient (Wildman–Crippen LogP) is 2.49. The van der Waals surface area contributed by atoms with E-state index in [9.17, 15) is 13.2 Å².